The maximum atomic E-state index is 12.3. The molecule has 3 aliphatic rings. The predicted molar refractivity (Wildman–Crippen MR) is 117 cm³/mol. The highest BCUT2D eigenvalue weighted by atomic mass is 16.5. The molecule has 0 aliphatic heterocycles. The van der Waals surface area contributed by atoms with Gasteiger partial charge in [-0.05, 0) is 53.4 Å². The van der Waals surface area contributed by atoms with Gasteiger partial charge >= 0.3 is 12.1 Å². The quantitative estimate of drug-likeness (QED) is 0.646. The third kappa shape index (κ3) is 3.42. The molecule has 7 heteroatoms. The summed E-state index contributed by atoms with van der Waals surface area (Å²) in [5.74, 6) is -1.59. The molecule has 166 valence electrons. The summed E-state index contributed by atoms with van der Waals surface area (Å²) in [7, 11) is 0. The van der Waals surface area contributed by atoms with E-state index in [9.17, 15) is 19.5 Å². The van der Waals surface area contributed by atoms with Crippen LogP contribution < -0.4 is 10.6 Å². The number of hydrogen-bond donors (Lipinski definition) is 3. The van der Waals surface area contributed by atoms with Crippen LogP contribution in [-0.4, -0.2) is 41.8 Å². The SMILES string of the molecule is O=C(CNC(=O)OCC1c2ccccc2-c2ccccc21)NC1(C(=O)O)CC2(CCC2)C1. The number of ether oxygens (including phenoxy) is 1. The minimum absolute atomic E-state index is 0.0640. The topological polar surface area (TPSA) is 105 Å². The van der Waals surface area contributed by atoms with Gasteiger partial charge in [-0.2, -0.15) is 0 Å². The lowest BCUT2D eigenvalue weighted by molar-refractivity contribution is -0.165. The number of rotatable bonds is 6. The fraction of sp³-hybridized carbons (Fsp3) is 0.400. The van der Waals surface area contributed by atoms with Gasteiger partial charge in [0.25, 0.3) is 0 Å². The number of carbonyl (C=O) groups is 3. The Balaban J connectivity index is 1.14. The summed E-state index contributed by atoms with van der Waals surface area (Å²) in [4.78, 5) is 36.3. The summed E-state index contributed by atoms with van der Waals surface area (Å²) in [6, 6.07) is 16.1. The molecule has 2 aromatic carbocycles. The Morgan fingerprint density at radius 3 is 2.09 bits per heavy atom. The molecule has 0 unspecified atom stereocenters. The number of hydrogen-bond acceptors (Lipinski definition) is 4. The van der Waals surface area contributed by atoms with Crippen LogP contribution in [0.1, 0.15) is 49.1 Å². The smallest absolute Gasteiger partial charge is 0.407 e. The number of amides is 2. The predicted octanol–water partition coefficient (Wildman–Crippen LogP) is 3.43. The number of aliphatic carboxylic acids is 1. The van der Waals surface area contributed by atoms with Gasteiger partial charge in [-0.3, -0.25) is 4.79 Å². The molecule has 5 rings (SSSR count). The van der Waals surface area contributed by atoms with E-state index in [4.69, 9.17) is 4.74 Å². The Morgan fingerprint density at radius 1 is 0.969 bits per heavy atom. The van der Waals surface area contributed by atoms with Crippen LogP contribution in [-0.2, 0) is 14.3 Å². The second kappa shape index (κ2) is 7.65. The summed E-state index contributed by atoms with van der Waals surface area (Å²) in [5.41, 5.74) is 3.38. The summed E-state index contributed by atoms with van der Waals surface area (Å²) in [5, 5.41) is 14.7. The monoisotopic (exact) mass is 434 g/mol. The minimum Gasteiger partial charge on any atom is -0.480 e. The number of benzene rings is 2. The molecule has 0 bridgehead atoms. The molecule has 32 heavy (non-hydrogen) atoms. The van der Waals surface area contributed by atoms with E-state index in [1.165, 1.54) is 0 Å². The molecular formula is C25H26N2O5. The van der Waals surface area contributed by atoms with Crippen LogP contribution >= 0.6 is 0 Å². The molecule has 0 heterocycles. The average Bonchev–Trinajstić information content (AvgIpc) is 3.05. The zero-order chi connectivity index (χ0) is 22.3. The molecule has 2 amide bonds. The van der Waals surface area contributed by atoms with E-state index < -0.39 is 23.5 Å². The van der Waals surface area contributed by atoms with Gasteiger partial charge in [0.05, 0.1) is 0 Å². The van der Waals surface area contributed by atoms with E-state index in [1.54, 1.807) is 0 Å². The van der Waals surface area contributed by atoms with Crippen LogP contribution in [0.2, 0.25) is 0 Å². The van der Waals surface area contributed by atoms with Crippen molar-refractivity contribution >= 4 is 18.0 Å². The van der Waals surface area contributed by atoms with Crippen LogP contribution in [0.25, 0.3) is 11.1 Å². The van der Waals surface area contributed by atoms with E-state index in [0.717, 1.165) is 41.5 Å². The molecule has 2 saturated carbocycles. The number of alkyl carbamates (subject to hydrolysis) is 1. The fourth-order valence-corrected chi connectivity index (χ4v) is 5.66. The third-order valence-corrected chi connectivity index (χ3v) is 7.29. The van der Waals surface area contributed by atoms with Gasteiger partial charge in [-0.1, -0.05) is 55.0 Å². The lowest BCUT2D eigenvalue weighted by atomic mass is 9.48. The summed E-state index contributed by atoms with van der Waals surface area (Å²) >= 11 is 0. The lowest BCUT2D eigenvalue weighted by Gasteiger charge is -2.59. The van der Waals surface area contributed by atoms with E-state index >= 15 is 0 Å². The summed E-state index contributed by atoms with van der Waals surface area (Å²) in [6.45, 7) is -0.165. The fourth-order valence-electron chi connectivity index (χ4n) is 5.66. The van der Waals surface area contributed by atoms with Crippen molar-refractivity contribution in [1.82, 2.24) is 10.6 Å². The van der Waals surface area contributed by atoms with Gasteiger partial charge in [0.2, 0.25) is 5.91 Å². The van der Waals surface area contributed by atoms with Gasteiger partial charge in [0, 0.05) is 5.92 Å². The van der Waals surface area contributed by atoms with E-state index in [1.807, 2.05) is 36.4 Å². The second-order valence-electron chi connectivity index (χ2n) is 9.32. The van der Waals surface area contributed by atoms with Gasteiger partial charge in [0.15, 0.2) is 0 Å². The molecular weight excluding hydrogens is 408 g/mol. The zero-order valence-corrected chi connectivity index (χ0v) is 17.7. The number of nitrogens with one attached hydrogen (secondary N) is 2. The Kier molecular flexibility index (Phi) is 4.92. The largest absolute Gasteiger partial charge is 0.480 e. The normalized spacial score (nSPS) is 19.1. The molecule has 3 aliphatic carbocycles. The number of carboxylic acids is 1. The Hall–Kier alpha value is -3.35. The Morgan fingerprint density at radius 2 is 1.56 bits per heavy atom. The van der Waals surface area contributed by atoms with Crippen LogP contribution in [0.15, 0.2) is 48.5 Å². The molecule has 2 aromatic rings. The van der Waals surface area contributed by atoms with Crippen molar-refractivity contribution in [3.8, 4) is 11.1 Å². The number of carbonyl (C=O) groups excluding carboxylic acids is 2. The average molecular weight is 434 g/mol. The first-order chi connectivity index (χ1) is 15.4. The highest BCUT2D eigenvalue weighted by molar-refractivity contribution is 5.90. The first kappa shape index (κ1) is 20.5. The molecule has 0 saturated heterocycles. The maximum absolute atomic E-state index is 12.3. The van der Waals surface area contributed by atoms with Crippen LogP contribution in [0.3, 0.4) is 0 Å². The third-order valence-electron chi connectivity index (χ3n) is 7.29. The van der Waals surface area contributed by atoms with Gasteiger partial charge < -0.3 is 20.5 Å². The molecule has 3 N–H and O–H groups in total. The maximum Gasteiger partial charge on any atom is 0.407 e. The number of carboxylic acid groups (broad SMARTS) is 1. The van der Waals surface area contributed by atoms with Gasteiger partial charge in [0.1, 0.15) is 18.7 Å². The lowest BCUT2D eigenvalue weighted by Crippen LogP contribution is -2.68. The van der Waals surface area contributed by atoms with Crippen LogP contribution in [0.5, 0.6) is 0 Å². The van der Waals surface area contributed by atoms with Crippen molar-refractivity contribution in [3.63, 3.8) is 0 Å². The van der Waals surface area contributed by atoms with E-state index in [-0.39, 0.29) is 24.5 Å². The molecule has 0 aromatic heterocycles. The zero-order valence-electron chi connectivity index (χ0n) is 17.7. The first-order valence-corrected chi connectivity index (χ1v) is 11.0. The van der Waals surface area contributed by atoms with E-state index in [2.05, 4.69) is 22.8 Å². The van der Waals surface area contributed by atoms with Crippen molar-refractivity contribution in [2.45, 2.75) is 43.6 Å². The van der Waals surface area contributed by atoms with Crippen molar-refractivity contribution < 1.29 is 24.2 Å². The molecule has 0 radical (unpaired) electrons. The first-order valence-electron chi connectivity index (χ1n) is 11.0. The van der Waals surface area contributed by atoms with Crippen LogP contribution in [0, 0.1) is 5.41 Å². The summed E-state index contributed by atoms with van der Waals surface area (Å²) < 4.78 is 5.42. The summed E-state index contributed by atoms with van der Waals surface area (Å²) in [6.07, 6.45) is 3.40. The van der Waals surface area contributed by atoms with Crippen molar-refractivity contribution in [3.05, 3.63) is 59.7 Å². The molecule has 2 fully saturated rings. The van der Waals surface area contributed by atoms with Gasteiger partial charge in [-0.15, -0.1) is 0 Å². The Labute approximate surface area is 186 Å². The molecule has 1 spiro atoms. The molecule has 0 atom stereocenters. The highest BCUT2D eigenvalue weighted by Gasteiger charge is 2.61. The van der Waals surface area contributed by atoms with E-state index in [0.29, 0.717) is 12.8 Å². The van der Waals surface area contributed by atoms with Gasteiger partial charge in [-0.25, -0.2) is 9.59 Å². The van der Waals surface area contributed by atoms with Crippen molar-refractivity contribution in [2.24, 2.45) is 5.41 Å². The highest BCUT2D eigenvalue weighted by Crippen LogP contribution is 2.60. The molecule has 7 nitrogen and oxygen atoms in total. The second-order valence-corrected chi connectivity index (χ2v) is 9.32. The van der Waals surface area contributed by atoms with Crippen molar-refractivity contribution in [2.75, 3.05) is 13.2 Å². The number of fused-ring (bicyclic) bond motifs is 3. The van der Waals surface area contributed by atoms with Crippen LogP contribution in [0.4, 0.5) is 4.79 Å². The Bertz CT molecular complexity index is 1040. The van der Waals surface area contributed by atoms with Crippen molar-refractivity contribution in [1.29, 1.82) is 0 Å². The minimum atomic E-state index is -1.21. The standard InChI is InChI=1S/C25H26N2O5/c28-21(27-25(22(29)30)14-24(15-25)10-5-11-24)12-26-23(31)32-13-20-18-8-3-1-6-16(18)17-7-2-4-9-19(17)20/h1-4,6-9,20H,5,10-15H2,(H,26,31)(H,27,28)(H,29,30).